The lowest BCUT2D eigenvalue weighted by molar-refractivity contribution is -0.259. The molecule has 5 heteroatoms. The van der Waals surface area contributed by atoms with Gasteiger partial charge in [0.15, 0.2) is 12.6 Å². The average Bonchev–Trinajstić information content (AvgIpc) is 2.73. The molecule has 0 aliphatic heterocycles. The topological polar surface area (TPSA) is 27.7 Å². The fraction of sp³-hybridized carbons (Fsp3) is 0.857. The molecule has 0 fully saturated rings. The highest BCUT2D eigenvalue weighted by Gasteiger charge is 2.25. The van der Waals surface area contributed by atoms with E-state index in [2.05, 4.69) is 67.5 Å². The average molecular weight is 508 g/mol. The van der Waals surface area contributed by atoms with E-state index in [0.717, 1.165) is 38.5 Å². The van der Waals surface area contributed by atoms with Gasteiger partial charge in [0.2, 0.25) is 0 Å². The van der Waals surface area contributed by atoms with Crippen LogP contribution in [0.1, 0.15) is 93.9 Å². The highest BCUT2D eigenvalue weighted by atomic mass is 35.5. The van der Waals surface area contributed by atoms with E-state index >= 15 is 0 Å². The van der Waals surface area contributed by atoms with Crippen molar-refractivity contribution in [2.75, 3.05) is 25.0 Å². The van der Waals surface area contributed by atoms with Crippen LogP contribution in [0.5, 0.6) is 0 Å². The zero-order valence-electron chi connectivity index (χ0n) is 22.7. The maximum Gasteiger partial charge on any atom is 0.161 e. The largest absolute Gasteiger partial charge is 0.352 e. The van der Waals surface area contributed by atoms with Crippen molar-refractivity contribution in [1.29, 1.82) is 0 Å². The molecule has 0 aliphatic rings. The monoisotopic (exact) mass is 506 g/mol. The first kappa shape index (κ1) is 32.9. The van der Waals surface area contributed by atoms with Crippen molar-refractivity contribution in [1.82, 2.24) is 0 Å². The van der Waals surface area contributed by atoms with Crippen molar-refractivity contribution in [2.24, 2.45) is 23.7 Å². The van der Waals surface area contributed by atoms with Gasteiger partial charge in [0.05, 0.1) is 13.2 Å². The Labute approximate surface area is 215 Å². The second-order valence-electron chi connectivity index (χ2n) is 10.7. The Hall–Kier alpha value is -0.0600. The van der Waals surface area contributed by atoms with Crippen LogP contribution in [0.25, 0.3) is 0 Å². The van der Waals surface area contributed by atoms with Crippen molar-refractivity contribution in [3.05, 3.63) is 23.3 Å². The number of hydrogen-bond acceptors (Lipinski definition) is 3. The van der Waals surface area contributed by atoms with Crippen LogP contribution in [0.3, 0.4) is 0 Å². The molecule has 0 aromatic heterocycles. The molecule has 0 heterocycles. The molecular weight excluding hydrogens is 455 g/mol. The minimum absolute atomic E-state index is 0.325. The molecule has 0 saturated carbocycles. The smallest absolute Gasteiger partial charge is 0.161 e. The van der Waals surface area contributed by atoms with E-state index in [1.165, 1.54) is 11.1 Å². The maximum atomic E-state index is 6.48. The molecule has 0 aromatic rings. The minimum Gasteiger partial charge on any atom is -0.352 e. The van der Waals surface area contributed by atoms with Crippen molar-refractivity contribution in [3.8, 4) is 0 Å². The predicted octanol–water partition coefficient (Wildman–Crippen LogP) is 8.98. The summed E-state index contributed by atoms with van der Waals surface area (Å²) in [5.74, 6) is 2.76. The van der Waals surface area contributed by atoms with E-state index in [1.807, 2.05) is 0 Å². The Bertz CT molecular complexity index is 477. The molecule has 4 unspecified atom stereocenters. The lowest BCUT2D eigenvalue weighted by atomic mass is 9.99. The molecule has 0 spiro atoms. The first-order valence-corrected chi connectivity index (χ1v) is 13.9. The Morgan fingerprint density at radius 2 is 1.03 bits per heavy atom. The van der Waals surface area contributed by atoms with Gasteiger partial charge in [-0.05, 0) is 77.0 Å². The van der Waals surface area contributed by atoms with Gasteiger partial charge in [0.25, 0.3) is 0 Å². The Kier molecular flexibility index (Phi) is 20.1. The van der Waals surface area contributed by atoms with Crippen LogP contribution in [0.15, 0.2) is 23.3 Å². The lowest BCUT2D eigenvalue weighted by Gasteiger charge is -2.30. The van der Waals surface area contributed by atoms with Gasteiger partial charge >= 0.3 is 0 Å². The van der Waals surface area contributed by atoms with Crippen LogP contribution >= 0.6 is 23.2 Å². The number of allylic oxidation sites excluding steroid dienone is 4. The number of hydrogen-bond donors (Lipinski definition) is 0. The SMILES string of the molecule is CC(C)=CCCC(CCl)CC(OCC(C)C)OC(CC(CCl)CCC=C(C)C)OCC(C)C. The third-order valence-electron chi connectivity index (χ3n) is 5.28. The van der Waals surface area contributed by atoms with E-state index in [4.69, 9.17) is 37.4 Å². The van der Waals surface area contributed by atoms with Gasteiger partial charge in [0.1, 0.15) is 0 Å². The standard InChI is InChI=1S/C28H52Cl2O3/c1-21(2)11-9-13-25(17-29)15-27(31-19-23(5)6)33-28(32-20-24(7)8)16-26(18-30)14-10-12-22(3)4/h11-12,23-28H,9-10,13-20H2,1-8H3. The van der Waals surface area contributed by atoms with Crippen molar-refractivity contribution in [2.45, 2.75) is 106 Å². The summed E-state index contributed by atoms with van der Waals surface area (Å²) in [4.78, 5) is 0. The fourth-order valence-electron chi connectivity index (χ4n) is 3.37. The summed E-state index contributed by atoms with van der Waals surface area (Å²) in [6, 6.07) is 0. The molecule has 0 saturated heterocycles. The molecule has 3 nitrogen and oxygen atoms in total. The van der Waals surface area contributed by atoms with E-state index in [0.29, 0.717) is 48.6 Å². The predicted molar refractivity (Wildman–Crippen MR) is 145 cm³/mol. The summed E-state index contributed by atoms with van der Waals surface area (Å²) >= 11 is 12.7. The lowest BCUT2D eigenvalue weighted by Crippen LogP contribution is -2.32. The van der Waals surface area contributed by atoms with Crippen molar-refractivity contribution in [3.63, 3.8) is 0 Å². The van der Waals surface area contributed by atoms with Gasteiger partial charge in [0, 0.05) is 24.6 Å². The van der Waals surface area contributed by atoms with Crippen LogP contribution in [0.2, 0.25) is 0 Å². The van der Waals surface area contributed by atoms with Gasteiger partial charge in [-0.25, -0.2) is 0 Å². The number of ether oxygens (including phenoxy) is 3. The number of rotatable bonds is 20. The summed E-state index contributed by atoms with van der Waals surface area (Å²) in [5.41, 5.74) is 2.68. The summed E-state index contributed by atoms with van der Waals surface area (Å²) in [6.45, 7) is 18.5. The third-order valence-corrected chi connectivity index (χ3v) is 6.15. The molecule has 0 aliphatic carbocycles. The highest BCUT2D eigenvalue weighted by Crippen LogP contribution is 2.25. The molecule has 0 bridgehead atoms. The zero-order valence-corrected chi connectivity index (χ0v) is 24.2. The quantitative estimate of drug-likeness (QED) is 0.0935. The number of alkyl halides is 2. The van der Waals surface area contributed by atoms with Crippen LogP contribution < -0.4 is 0 Å². The maximum absolute atomic E-state index is 6.48. The molecule has 33 heavy (non-hydrogen) atoms. The summed E-state index contributed by atoms with van der Waals surface area (Å²) in [5, 5.41) is 0. The second kappa shape index (κ2) is 20.2. The van der Waals surface area contributed by atoms with E-state index in [-0.39, 0.29) is 12.6 Å². The van der Waals surface area contributed by atoms with Crippen LogP contribution in [-0.2, 0) is 14.2 Å². The fourth-order valence-corrected chi connectivity index (χ4v) is 3.93. The molecule has 0 rings (SSSR count). The first-order valence-electron chi connectivity index (χ1n) is 12.8. The van der Waals surface area contributed by atoms with E-state index < -0.39 is 0 Å². The Morgan fingerprint density at radius 3 is 1.30 bits per heavy atom. The van der Waals surface area contributed by atoms with Crippen LogP contribution in [-0.4, -0.2) is 37.6 Å². The second-order valence-corrected chi connectivity index (χ2v) is 11.3. The van der Waals surface area contributed by atoms with Gasteiger partial charge < -0.3 is 14.2 Å². The Morgan fingerprint density at radius 1 is 0.667 bits per heavy atom. The summed E-state index contributed by atoms with van der Waals surface area (Å²) in [7, 11) is 0. The molecule has 4 atom stereocenters. The van der Waals surface area contributed by atoms with Gasteiger partial charge in [-0.3, -0.25) is 0 Å². The first-order chi connectivity index (χ1) is 15.6. The van der Waals surface area contributed by atoms with Crippen LogP contribution in [0, 0.1) is 23.7 Å². The molecule has 0 N–H and O–H groups in total. The molecular formula is C28H52Cl2O3. The zero-order chi connectivity index (χ0) is 25.2. The van der Waals surface area contributed by atoms with Crippen LogP contribution in [0.4, 0.5) is 0 Å². The molecule has 196 valence electrons. The minimum atomic E-state index is -0.325. The Balaban J connectivity index is 5.27. The normalized spacial score (nSPS) is 15.4. The highest BCUT2D eigenvalue weighted by molar-refractivity contribution is 6.18. The van der Waals surface area contributed by atoms with E-state index in [1.54, 1.807) is 0 Å². The molecule has 0 radical (unpaired) electrons. The third kappa shape index (κ3) is 19.9. The van der Waals surface area contributed by atoms with Crippen molar-refractivity contribution >= 4 is 23.2 Å². The van der Waals surface area contributed by atoms with Gasteiger partial charge in [-0.2, -0.15) is 0 Å². The summed E-state index contributed by atoms with van der Waals surface area (Å²) in [6.07, 6.45) is 9.57. The van der Waals surface area contributed by atoms with Crippen molar-refractivity contribution < 1.29 is 14.2 Å². The molecule has 0 aromatic carbocycles. The number of halogens is 2. The van der Waals surface area contributed by atoms with E-state index in [9.17, 15) is 0 Å². The summed E-state index contributed by atoms with van der Waals surface area (Å²) < 4.78 is 18.9. The van der Waals surface area contributed by atoms with Gasteiger partial charge in [-0.15, -0.1) is 23.2 Å². The molecule has 0 amide bonds. The van der Waals surface area contributed by atoms with Gasteiger partial charge in [-0.1, -0.05) is 51.0 Å².